The van der Waals surface area contributed by atoms with E-state index in [1.807, 2.05) is 52.8 Å². The molecule has 0 unspecified atom stereocenters. The van der Waals surface area contributed by atoms with Gasteiger partial charge >= 0.3 is 0 Å². The largest absolute Gasteiger partial charge is 0.456 e. The number of nitrogens with one attached hydrogen (secondary N) is 3. The monoisotopic (exact) mass is 516 g/mol. The molecular formula is C30H36N4O4. The van der Waals surface area contributed by atoms with Crippen molar-refractivity contribution in [2.45, 2.75) is 40.7 Å². The highest BCUT2D eigenvalue weighted by Crippen LogP contribution is 2.38. The van der Waals surface area contributed by atoms with Crippen molar-refractivity contribution >= 4 is 23.2 Å². The van der Waals surface area contributed by atoms with E-state index >= 15 is 0 Å². The van der Waals surface area contributed by atoms with Crippen LogP contribution >= 0.6 is 0 Å². The number of ether oxygens (including phenoxy) is 1. The summed E-state index contributed by atoms with van der Waals surface area (Å²) in [4.78, 5) is 37.8. The minimum atomic E-state index is -0.596. The highest BCUT2D eigenvalue weighted by Gasteiger charge is 2.23. The van der Waals surface area contributed by atoms with Gasteiger partial charge in [-0.25, -0.2) is 0 Å². The molecule has 0 spiro atoms. The quantitative estimate of drug-likeness (QED) is 0.323. The van der Waals surface area contributed by atoms with E-state index in [-0.39, 0.29) is 29.0 Å². The molecule has 0 fully saturated rings. The lowest BCUT2D eigenvalue weighted by molar-refractivity contribution is -0.122. The van der Waals surface area contributed by atoms with Crippen LogP contribution in [0.5, 0.6) is 11.5 Å². The molecule has 3 rings (SSSR count). The van der Waals surface area contributed by atoms with Crippen LogP contribution in [-0.2, 0) is 16.6 Å². The smallest absolute Gasteiger partial charge is 0.273 e. The molecule has 38 heavy (non-hydrogen) atoms. The van der Waals surface area contributed by atoms with Crippen LogP contribution in [0.3, 0.4) is 0 Å². The highest BCUT2D eigenvalue weighted by atomic mass is 16.5. The number of carbonyl (C=O) groups excluding carboxylic acids is 2. The molecule has 3 N–H and O–H groups in total. The summed E-state index contributed by atoms with van der Waals surface area (Å²) in [6.45, 7) is 13.6. The van der Waals surface area contributed by atoms with Crippen molar-refractivity contribution in [2.24, 2.45) is 13.0 Å². The third kappa shape index (κ3) is 6.51. The van der Waals surface area contributed by atoms with Crippen LogP contribution in [0.2, 0.25) is 0 Å². The molecule has 0 aliphatic carbocycles. The molecule has 2 aromatic carbocycles. The Balaban J connectivity index is 2.16. The lowest BCUT2D eigenvalue weighted by Crippen LogP contribution is -2.44. The van der Waals surface area contributed by atoms with Crippen molar-refractivity contribution in [3.8, 4) is 22.6 Å². The summed E-state index contributed by atoms with van der Waals surface area (Å²) in [7, 11) is 1.66. The fourth-order valence-electron chi connectivity index (χ4n) is 4.13. The van der Waals surface area contributed by atoms with Crippen molar-refractivity contribution in [3.63, 3.8) is 0 Å². The number of aryl methyl sites for hydroxylation is 3. The van der Waals surface area contributed by atoms with Gasteiger partial charge in [-0.2, -0.15) is 0 Å². The summed E-state index contributed by atoms with van der Waals surface area (Å²) in [5, 5.41) is 8.77. The van der Waals surface area contributed by atoms with E-state index in [0.29, 0.717) is 29.1 Å². The standard InChI is InChI=1S/C30H36N4O4/c1-8-26(35)32-22-13-14-25(38-28-19(5)11-10-12-20(28)6)23(16-22)21-15-24(30(37)34(7)17-21)33-27(18(3)4)29(36)31-9-2/h8,10-18,27,33H,1,9H2,2-7H3,(H,31,36)(H,32,35)/t27-/m0/s1. The molecule has 0 radical (unpaired) electrons. The van der Waals surface area contributed by atoms with Gasteiger partial charge in [-0.3, -0.25) is 14.4 Å². The molecule has 8 heteroatoms. The van der Waals surface area contributed by atoms with Gasteiger partial charge < -0.3 is 25.3 Å². The van der Waals surface area contributed by atoms with Gasteiger partial charge in [0.1, 0.15) is 23.2 Å². The second-order valence-electron chi connectivity index (χ2n) is 9.55. The summed E-state index contributed by atoms with van der Waals surface area (Å²) in [6.07, 6.45) is 2.90. The Labute approximate surface area is 223 Å². The number of anilines is 2. The maximum atomic E-state index is 13.1. The number of hydrogen-bond donors (Lipinski definition) is 3. The van der Waals surface area contributed by atoms with E-state index in [4.69, 9.17) is 4.74 Å². The van der Waals surface area contributed by atoms with Crippen molar-refractivity contribution < 1.29 is 14.3 Å². The van der Waals surface area contributed by atoms with Crippen LogP contribution < -0.4 is 26.2 Å². The number of nitrogens with zero attached hydrogens (tertiary/aromatic N) is 1. The average molecular weight is 517 g/mol. The predicted molar refractivity (Wildman–Crippen MR) is 153 cm³/mol. The molecule has 0 saturated heterocycles. The third-order valence-electron chi connectivity index (χ3n) is 6.16. The first kappa shape index (κ1) is 28.2. The Morgan fingerprint density at radius 2 is 1.79 bits per heavy atom. The highest BCUT2D eigenvalue weighted by molar-refractivity contribution is 5.99. The van der Waals surface area contributed by atoms with E-state index in [2.05, 4.69) is 22.5 Å². The fourth-order valence-corrected chi connectivity index (χ4v) is 4.13. The maximum Gasteiger partial charge on any atom is 0.273 e. The number of aromatic nitrogens is 1. The van der Waals surface area contributed by atoms with Crippen LogP contribution in [0.25, 0.3) is 11.1 Å². The van der Waals surface area contributed by atoms with E-state index < -0.39 is 6.04 Å². The molecule has 1 atom stereocenters. The summed E-state index contributed by atoms with van der Waals surface area (Å²) in [5.41, 5.74) is 3.85. The number of likely N-dealkylation sites (N-methyl/N-ethyl adjacent to an activating group) is 1. The summed E-state index contributed by atoms with van der Waals surface area (Å²) >= 11 is 0. The van der Waals surface area contributed by atoms with E-state index in [1.54, 1.807) is 37.5 Å². The fraction of sp³-hybridized carbons (Fsp3) is 0.300. The Hall–Kier alpha value is -4.33. The van der Waals surface area contributed by atoms with Gasteiger partial charge in [0.25, 0.3) is 5.56 Å². The molecule has 3 aromatic rings. The Bertz CT molecular complexity index is 1390. The molecule has 0 aliphatic heterocycles. The van der Waals surface area contributed by atoms with Crippen molar-refractivity contribution in [1.82, 2.24) is 9.88 Å². The van der Waals surface area contributed by atoms with E-state index in [0.717, 1.165) is 16.9 Å². The molecular weight excluding hydrogens is 480 g/mol. The number of pyridine rings is 1. The first-order valence-corrected chi connectivity index (χ1v) is 12.6. The predicted octanol–water partition coefficient (Wildman–Crippen LogP) is 5.16. The number of carbonyl (C=O) groups is 2. The normalized spacial score (nSPS) is 11.6. The molecule has 0 saturated carbocycles. The van der Waals surface area contributed by atoms with Gasteiger partial charge in [0.2, 0.25) is 11.8 Å². The SMILES string of the molecule is C=CC(=O)Nc1ccc(Oc2c(C)cccc2C)c(-c2cc(N[C@H](C(=O)NCC)C(C)C)c(=O)n(C)c2)c1. The summed E-state index contributed by atoms with van der Waals surface area (Å²) < 4.78 is 7.87. The van der Waals surface area contributed by atoms with Crippen LogP contribution in [0.15, 0.2) is 66.1 Å². The molecule has 2 amide bonds. The molecule has 1 heterocycles. The molecule has 0 bridgehead atoms. The van der Waals surface area contributed by atoms with Gasteiger partial charge in [0, 0.05) is 36.6 Å². The lowest BCUT2D eigenvalue weighted by Gasteiger charge is -2.23. The lowest BCUT2D eigenvalue weighted by atomic mass is 10.0. The molecule has 1 aromatic heterocycles. The van der Waals surface area contributed by atoms with Crippen molar-refractivity contribution in [3.05, 3.63) is 82.8 Å². The van der Waals surface area contributed by atoms with Gasteiger partial charge in [-0.15, -0.1) is 0 Å². The van der Waals surface area contributed by atoms with E-state index in [1.165, 1.54) is 10.6 Å². The topological polar surface area (TPSA) is 101 Å². The molecule has 8 nitrogen and oxygen atoms in total. The Morgan fingerprint density at radius 1 is 1.11 bits per heavy atom. The average Bonchev–Trinajstić information content (AvgIpc) is 2.87. The zero-order chi connectivity index (χ0) is 28.0. The number of hydrogen-bond acceptors (Lipinski definition) is 5. The number of benzene rings is 2. The van der Waals surface area contributed by atoms with Crippen LogP contribution in [0, 0.1) is 19.8 Å². The van der Waals surface area contributed by atoms with Gasteiger partial charge in [-0.1, -0.05) is 38.6 Å². The Morgan fingerprint density at radius 3 is 2.39 bits per heavy atom. The maximum absolute atomic E-state index is 13.1. The Kier molecular flexibility index (Phi) is 9.12. The zero-order valence-corrected chi connectivity index (χ0v) is 22.8. The van der Waals surface area contributed by atoms with Crippen LogP contribution in [0.1, 0.15) is 31.9 Å². The van der Waals surface area contributed by atoms with Gasteiger partial charge in [0.05, 0.1) is 0 Å². The number of amides is 2. The summed E-state index contributed by atoms with van der Waals surface area (Å²) in [5.74, 6) is 0.700. The third-order valence-corrected chi connectivity index (χ3v) is 6.16. The van der Waals surface area contributed by atoms with Crippen molar-refractivity contribution in [2.75, 3.05) is 17.2 Å². The van der Waals surface area contributed by atoms with Gasteiger partial charge in [0.15, 0.2) is 0 Å². The minimum absolute atomic E-state index is 0.0599. The van der Waals surface area contributed by atoms with Crippen LogP contribution in [0.4, 0.5) is 11.4 Å². The van der Waals surface area contributed by atoms with Crippen molar-refractivity contribution in [1.29, 1.82) is 0 Å². The number of rotatable bonds is 10. The zero-order valence-electron chi connectivity index (χ0n) is 22.8. The van der Waals surface area contributed by atoms with E-state index in [9.17, 15) is 14.4 Å². The summed E-state index contributed by atoms with van der Waals surface area (Å²) in [6, 6.07) is 12.4. The first-order valence-electron chi connectivity index (χ1n) is 12.6. The van der Waals surface area contributed by atoms with Crippen LogP contribution in [-0.4, -0.2) is 29.0 Å². The number of para-hydroxylation sites is 1. The molecule has 200 valence electrons. The second-order valence-corrected chi connectivity index (χ2v) is 9.55. The minimum Gasteiger partial charge on any atom is -0.456 e. The molecule has 0 aliphatic rings. The second kappa shape index (κ2) is 12.3. The van der Waals surface area contributed by atoms with Gasteiger partial charge in [-0.05, 0) is 68.2 Å². The first-order chi connectivity index (χ1) is 18.0.